The van der Waals surface area contributed by atoms with E-state index in [-0.39, 0.29) is 24.6 Å². The van der Waals surface area contributed by atoms with E-state index in [4.69, 9.17) is 9.84 Å². The molecular formula is C17H26N2O3. The van der Waals surface area contributed by atoms with Crippen LogP contribution in [0, 0.1) is 5.92 Å². The summed E-state index contributed by atoms with van der Waals surface area (Å²) in [7, 11) is 3.49. The Morgan fingerprint density at radius 3 is 2.55 bits per heavy atom. The Morgan fingerprint density at radius 1 is 1.41 bits per heavy atom. The summed E-state index contributed by atoms with van der Waals surface area (Å²) >= 11 is 0. The number of aliphatic hydroxyl groups is 1. The van der Waals surface area contributed by atoms with Gasteiger partial charge >= 0.3 is 0 Å². The van der Waals surface area contributed by atoms with Crippen LogP contribution in [0.1, 0.15) is 31.4 Å². The van der Waals surface area contributed by atoms with Crippen LogP contribution in [0.2, 0.25) is 0 Å². The molecule has 122 valence electrons. The zero-order valence-electron chi connectivity index (χ0n) is 13.6. The number of ether oxygens (including phenoxy) is 1. The monoisotopic (exact) mass is 306 g/mol. The number of hydrogen-bond acceptors (Lipinski definition) is 4. The molecule has 1 aliphatic carbocycles. The molecule has 1 fully saturated rings. The van der Waals surface area contributed by atoms with E-state index in [1.165, 1.54) is 0 Å². The van der Waals surface area contributed by atoms with Gasteiger partial charge in [-0.15, -0.1) is 0 Å². The standard InChI is InChI=1S/C17H26N2O3/c1-12(11-20)19(2)10-16(21)18-17(13-4-5-13)14-6-8-15(22-3)9-7-14/h6-9,12-13,17,20H,4-5,10-11H2,1-3H3,(H,18,21). The maximum atomic E-state index is 12.3. The minimum Gasteiger partial charge on any atom is -0.497 e. The predicted octanol–water partition coefficient (Wildman–Crippen LogP) is 1.58. The van der Waals surface area contributed by atoms with Gasteiger partial charge in [0.15, 0.2) is 0 Å². The predicted molar refractivity (Wildman–Crippen MR) is 85.8 cm³/mol. The number of carbonyl (C=O) groups is 1. The Balaban J connectivity index is 1.98. The van der Waals surface area contributed by atoms with Crippen molar-refractivity contribution in [3.05, 3.63) is 29.8 Å². The fourth-order valence-electron chi connectivity index (χ4n) is 2.45. The van der Waals surface area contributed by atoms with Crippen molar-refractivity contribution in [3.8, 4) is 5.75 Å². The Hall–Kier alpha value is -1.59. The fraction of sp³-hybridized carbons (Fsp3) is 0.588. The molecule has 1 aliphatic rings. The van der Waals surface area contributed by atoms with Crippen LogP contribution in [0.5, 0.6) is 5.75 Å². The largest absolute Gasteiger partial charge is 0.497 e. The van der Waals surface area contributed by atoms with Crippen molar-refractivity contribution in [3.63, 3.8) is 0 Å². The highest BCUT2D eigenvalue weighted by molar-refractivity contribution is 5.78. The number of benzene rings is 1. The van der Waals surface area contributed by atoms with Gasteiger partial charge in [-0.1, -0.05) is 12.1 Å². The summed E-state index contributed by atoms with van der Waals surface area (Å²) in [5, 5.41) is 12.3. The minimum absolute atomic E-state index is 0.00415. The fourth-order valence-corrected chi connectivity index (χ4v) is 2.45. The van der Waals surface area contributed by atoms with E-state index < -0.39 is 0 Å². The van der Waals surface area contributed by atoms with Crippen LogP contribution >= 0.6 is 0 Å². The number of hydrogen-bond donors (Lipinski definition) is 2. The highest BCUT2D eigenvalue weighted by Gasteiger charge is 2.33. The number of methoxy groups -OCH3 is 1. The van der Waals surface area contributed by atoms with Crippen molar-refractivity contribution in [2.45, 2.75) is 31.8 Å². The molecular weight excluding hydrogens is 280 g/mol. The van der Waals surface area contributed by atoms with Crippen LogP contribution in [0.25, 0.3) is 0 Å². The number of likely N-dealkylation sites (N-methyl/N-ethyl adjacent to an activating group) is 1. The molecule has 1 amide bonds. The van der Waals surface area contributed by atoms with Crippen molar-refractivity contribution in [2.75, 3.05) is 27.3 Å². The molecule has 0 aliphatic heterocycles. The number of nitrogens with zero attached hydrogens (tertiary/aromatic N) is 1. The van der Waals surface area contributed by atoms with E-state index in [9.17, 15) is 4.79 Å². The minimum atomic E-state index is -0.0221. The maximum Gasteiger partial charge on any atom is 0.234 e. The van der Waals surface area contributed by atoms with Gasteiger partial charge in [0.25, 0.3) is 0 Å². The van der Waals surface area contributed by atoms with Crippen molar-refractivity contribution in [1.82, 2.24) is 10.2 Å². The molecule has 2 atom stereocenters. The maximum absolute atomic E-state index is 12.3. The topological polar surface area (TPSA) is 61.8 Å². The lowest BCUT2D eigenvalue weighted by atomic mass is 10.0. The average molecular weight is 306 g/mol. The highest BCUT2D eigenvalue weighted by atomic mass is 16.5. The van der Waals surface area contributed by atoms with Gasteiger partial charge in [-0.25, -0.2) is 0 Å². The summed E-state index contributed by atoms with van der Waals surface area (Å²) in [6.07, 6.45) is 2.31. The molecule has 5 nitrogen and oxygen atoms in total. The van der Waals surface area contributed by atoms with Crippen LogP contribution in [0.3, 0.4) is 0 Å². The van der Waals surface area contributed by atoms with Crippen LogP contribution in [-0.2, 0) is 4.79 Å². The Morgan fingerprint density at radius 2 is 2.05 bits per heavy atom. The number of rotatable bonds is 8. The van der Waals surface area contributed by atoms with Crippen LogP contribution in [-0.4, -0.2) is 49.3 Å². The average Bonchev–Trinajstić information content (AvgIpc) is 3.36. The SMILES string of the molecule is COc1ccc(C(NC(=O)CN(C)C(C)CO)C2CC2)cc1. The zero-order chi connectivity index (χ0) is 16.1. The van der Waals surface area contributed by atoms with Crippen LogP contribution in [0.15, 0.2) is 24.3 Å². The molecule has 2 unspecified atom stereocenters. The number of amides is 1. The van der Waals surface area contributed by atoms with Crippen LogP contribution < -0.4 is 10.1 Å². The van der Waals surface area contributed by atoms with Crippen LogP contribution in [0.4, 0.5) is 0 Å². The highest BCUT2D eigenvalue weighted by Crippen LogP contribution is 2.41. The molecule has 5 heteroatoms. The van der Waals surface area contributed by atoms with Crippen molar-refractivity contribution >= 4 is 5.91 Å². The van der Waals surface area contributed by atoms with E-state index in [0.29, 0.717) is 12.5 Å². The van der Waals surface area contributed by atoms with Crippen molar-refractivity contribution in [1.29, 1.82) is 0 Å². The molecule has 1 aromatic rings. The van der Waals surface area contributed by atoms with E-state index >= 15 is 0 Å². The second-order valence-electron chi connectivity index (χ2n) is 6.10. The number of nitrogens with one attached hydrogen (secondary N) is 1. The zero-order valence-corrected chi connectivity index (χ0v) is 13.6. The quantitative estimate of drug-likeness (QED) is 0.765. The Kier molecular flexibility index (Phi) is 5.80. The molecule has 2 rings (SSSR count). The van der Waals surface area contributed by atoms with E-state index in [2.05, 4.69) is 5.32 Å². The van der Waals surface area contributed by atoms with E-state index in [0.717, 1.165) is 24.2 Å². The molecule has 0 radical (unpaired) electrons. The first-order valence-corrected chi connectivity index (χ1v) is 7.79. The number of carbonyl (C=O) groups excluding carboxylic acids is 1. The normalized spacial score (nSPS) is 17.1. The summed E-state index contributed by atoms with van der Waals surface area (Å²) in [6, 6.07) is 7.93. The van der Waals surface area contributed by atoms with E-state index in [1.807, 2.05) is 43.1 Å². The summed E-state index contributed by atoms with van der Waals surface area (Å²) in [4.78, 5) is 14.1. The summed E-state index contributed by atoms with van der Waals surface area (Å²) in [6.45, 7) is 2.24. The van der Waals surface area contributed by atoms with Gasteiger partial charge in [0.05, 0.1) is 26.3 Å². The molecule has 22 heavy (non-hydrogen) atoms. The third kappa shape index (κ3) is 4.45. The molecule has 1 aromatic carbocycles. The molecule has 2 N–H and O–H groups in total. The smallest absolute Gasteiger partial charge is 0.234 e. The molecule has 0 aromatic heterocycles. The van der Waals surface area contributed by atoms with Crippen molar-refractivity contribution in [2.24, 2.45) is 5.92 Å². The van der Waals surface area contributed by atoms with Gasteiger partial charge in [-0.05, 0) is 50.4 Å². The van der Waals surface area contributed by atoms with Gasteiger partial charge < -0.3 is 15.2 Å². The first-order valence-electron chi connectivity index (χ1n) is 7.79. The van der Waals surface area contributed by atoms with Crippen molar-refractivity contribution < 1.29 is 14.6 Å². The summed E-state index contributed by atoms with van der Waals surface area (Å²) in [5.41, 5.74) is 1.12. The second kappa shape index (κ2) is 7.61. The van der Waals surface area contributed by atoms with Gasteiger partial charge in [-0.2, -0.15) is 0 Å². The Labute approximate surface area is 132 Å². The van der Waals surface area contributed by atoms with Gasteiger partial charge in [0, 0.05) is 6.04 Å². The molecule has 1 saturated carbocycles. The first kappa shape index (κ1) is 16.8. The van der Waals surface area contributed by atoms with Gasteiger partial charge in [0.1, 0.15) is 5.75 Å². The van der Waals surface area contributed by atoms with Gasteiger partial charge in [0.2, 0.25) is 5.91 Å². The van der Waals surface area contributed by atoms with Gasteiger partial charge in [-0.3, -0.25) is 9.69 Å². The third-order valence-corrected chi connectivity index (χ3v) is 4.29. The molecule has 0 spiro atoms. The molecule has 0 heterocycles. The lowest BCUT2D eigenvalue weighted by molar-refractivity contribution is -0.123. The third-order valence-electron chi connectivity index (χ3n) is 4.29. The first-order chi connectivity index (χ1) is 10.5. The van der Waals surface area contributed by atoms with E-state index in [1.54, 1.807) is 7.11 Å². The lowest BCUT2D eigenvalue weighted by Crippen LogP contribution is -2.42. The molecule has 0 saturated heterocycles. The second-order valence-corrected chi connectivity index (χ2v) is 6.10. The Bertz CT molecular complexity index is 485. The number of aliphatic hydroxyl groups excluding tert-OH is 1. The molecule has 0 bridgehead atoms. The summed E-state index contributed by atoms with van der Waals surface area (Å²) in [5.74, 6) is 1.34. The lowest BCUT2D eigenvalue weighted by Gasteiger charge is -2.24. The summed E-state index contributed by atoms with van der Waals surface area (Å²) < 4.78 is 5.18.